The number of nitrogens with one attached hydrogen (secondary N) is 2. The van der Waals surface area contributed by atoms with E-state index < -0.39 is 16.3 Å². The SMILES string of the molecule is CCCNS(=O)(=O)N1CCOC(C(=N)N)C1. The van der Waals surface area contributed by atoms with Gasteiger partial charge in [-0.3, -0.25) is 5.41 Å². The van der Waals surface area contributed by atoms with Gasteiger partial charge in [0.2, 0.25) is 0 Å². The van der Waals surface area contributed by atoms with E-state index in [1.807, 2.05) is 6.92 Å². The molecule has 0 aromatic heterocycles. The second kappa shape index (κ2) is 5.58. The highest BCUT2D eigenvalue weighted by Crippen LogP contribution is 2.08. The Bertz CT molecular complexity index is 343. The van der Waals surface area contributed by atoms with Crippen LogP contribution in [-0.2, 0) is 14.9 Å². The monoisotopic (exact) mass is 250 g/mol. The van der Waals surface area contributed by atoms with E-state index in [4.69, 9.17) is 15.9 Å². The first-order chi connectivity index (χ1) is 7.47. The van der Waals surface area contributed by atoms with Crippen molar-refractivity contribution in [2.24, 2.45) is 5.73 Å². The van der Waals surface area contributed by atoms with Crippen LogP contribution in [0.25, 0.3) is 0 Å². The smallest absolute Gasteiger partial charge is 0.279 e. The highest BCUT2D eigenvalue weighted by Gasteiger charge is 2.30. The zero-order valence-electron chi connectivity index (χ0n) is 9.27. The topological polar surface area (TPSA) is 109 Å². The fourth-order valence-corrected chi connectivity index (χ4v) is 2.65. The third-order valence-electron chi connectivity index (χ3n) is 2.25. The summed E-state index contributed by atoms with van der Waals surface area (Å²) >= 11 is 0. The number of morpholine rings is 1. The molecular weight excluding hydrogens is 232 g/mol. The van der Waals surface area contributed by atoms with Crippen LogP contribution >= 0.6 is 0 Å². The number of amidine groups is 1. The highest BCUT2D eigenvalue weighted by atomic mass is 32.2. The lowest BCUT2D eigenvalue weighted by atomic mass is 10.3. The van der Waals surface area contributed by atoms with Crippen molar-refractivity contribution in [3.63, 3.8) is 0 Å². The van der Waals surface area contributed by atoms with E-state index in [2.05, 4.69) is 4.72 Å². The fourth-order valence-electron chi connectivity index (χ4n) is 1.35. The quantitative estimate of drug-likeness (QED) is 0.423. The molecule has 0 aromatic carbocycles. The molecule has 1 aliphatic heterocycles. The van der Waals surface area contributed by atoms with Crippen molar-refractivity contribution in [2.45, 2.75) is 19.4 Å². The second-order valence-corrected chi connectivity index (χ2v) is 5.33. The van der Waals surface area contributed by atoms with Gasteiger partial charge in [0.1, 0.15) is 11.9 Å². The highest BCUT2D eigenvalue weighted by molar-refractivity contribution is 7.87. The Kier molecular flexibility index (Phi) is 4.66. The van der Waals surface area contributed by atoms with Crippen molar-refractivity contribution in [2.75, 3.05) is 26.2 Å². The van der Waals surface area contributed by atoms with Gasteiger partial charge in [-0.1, -0.05) is 6.92 Å². The summed E-state index contributed by atoms with van der Waals surface area (Å²) in [5, 5.41) is 7.23. The molecule has 0 saturated carbocycles. The van der Waals surface area contributed by atoms with Gasteiger partial charge in [0.05, 0.1) is 6.61 Å². The molecular formula is C8H18N4O3S. The Hall–Kier alpha value is -0.700. The zero-order valence-corrected chi connectivity index (χ0v) is 10.1. The van der Waals surface area contributed by atoms with Crippen LogP contribution in [0.1, 0.15) is 13.3 Å². The van der Waals surface area contributed by atoms with Gasteiger partial charge in [0.25, 0.3) is 10.2 Å². The molecule has 1 atom stereocenters. The summed E-state index contributed by atoms with van der Waals surface area (Å²) in [6, 6.07) is 0. The number of nitrogens with two attached hydrogens (primary N) is 1. The third kappa shape index (κ3) is 3.41. The molecule has 1 heterocycles. The normalized spacial score (nSPS) is 23.2. The van der Waals surface area contributed by atoms with Crippen molar-refractivity contribution in [1.82, 2.24) is 9.03 Å². The van der Waals surface area contributed by atoms with Gasteiger partial charge in [-0.25, -0.2) is 4.72 Å². The fraction of sp³-hybridized carbons (Fsp3) is 0.875. The van der Waals surface area contributed by atoms with E-state index in [0.717, 1.165) is 6.42 Å². The van der Waals surface area contributed by atoms with Gasteiger partial charge in [-0.15, -0.1) is 0 Å². The van der Waals surface area contributed by atoms with Crippen molar-refractivity contribution < 1.29 is 13.2 Å². The zero-order chi connectivity index (χ0) is 12.2. The van der Waals surface area contributed by atoms with Crippen molar-refractivity contribution in [1.29, 1.82) is 5.41 Å². The van der Waals surface area contributed by atoms with E-state index in [1.165, 1.54) is 4.31 Å². The average Bonchev–Trinajstić information content (AvgIpc) is 2.26. The average molecular weight is 250 g/mol. The Morgan fingerprint density at radius 1 is 1.69 bits per heavy atom. The van der Waals surface area contributed by atoms with Crippen molar-refractivity contribution in [3.05, 3.63) is 0 Å². The number of rotatable bonds is 5. The minimum atomic E-state index is -3.46. The van der Waals surface area contributed by atoms with E-state index in [0.29, 0.717) is 13.1 Å². The van der Waals surface area contributed by atoms with Crippen LogP contribution < -0.4 is 10.5 Å². The minimum Gasteiger partial charge on any atom is -0.385 e. The molecule has 1 rings (SSSR count). The van der Waals surface area contributed by atoms with Crippen LogP contribution in [0.5, 0.6) is 0 Å². The molecule has 0 bridgehead atoms. The lowest BCUT2D eigenvalue weighted by Gasteiger charge is -2.31. The summed E-state index contributed by atoms with van der Waals surface area (Å²) < 4.78 is 32.4. The van der Waals surface area contributed by atoms with Crippen LogP contribution in [0.15, 0.2) is 0 Å². The first-order valence-electron chi connectivity index (χ1n) is 5.17. The molecule has 16 heavy (non-hydrogen) atoms. The summed E-state index contributed by atoms with van der Waals surface area (Å²) in [5.74, 6) is -0.143. The summed E-state index contributed by atoms with van der Waals surface area (Å²) in [7, 11) is -3.46. The molecule has 4 N–H and O–H groups in total. The van der Waals surface area contributed by atoms with Gasteiger partial charge in [0, 0.05) is 19.6 Å². The Balaban J connectivity index is 2.62. The predicted octanol–water partition coefficient (Wildman–Crippen LogP) is -1.13. The van der Waals surface area contributed by atoms with Crippen LogP contribution in [-0.4, -0.2) is 50.9 Å². The largest absolute Gasteiger partial charge is 0.385 e. The summed E-state index contributed by atoms with van der Waals surface area (Å²) in [4.78, 5) is 0. The maximum absolute atomic E-state index is 11.8. The van der Waals surface area contributed by atoms with Gasteiger partial charge in [-0.05, 0) is 6.42 Å². The molecule has 8 heteroatoms. The van der Waals surface area contributed by atoms with Crippen LogP contribution in [0.2, 0.25) is 0 Å². The first kappa shape index (κ1) is 13.4. The molecule has 7 nitrogen and oxygen atoms in total. The number of hydrogen-bond donors (Lipinski definition) is 3. The van der Waals surface area contributed by atoms with Crippen LogP contribution in [0.3, 0.4) is 0 Å². The van der Waals surface area contributed by atoms with E-state index in [-0.39, 0.29) is 19.0 Å². The maximum Gasteiger partial charge on any atom is 0.279 e. The van der Waals surface area contributed by atoms with E-state index >= 15 is 0 Å². The predicted molar refractivity (Wildman–Crippen MR) is 60.4 cm³/mol. The summed E-state index contributed by atoms with van der Waals surface area (Å²) in [6.07, 6.45) is 0.103. The molecule has 0 aromatic rings. The van der Waals surface area contributed by atoms with Gasteiger partial charge in [-0.2, -0.15) is 12.7 Å². The Labute approximate surface area is 95.6 Å². The van der Waals surface area contributed by atoms with E-state index in [1.54, 1.807) is 0 Å². The Morgan fingerprint density at radius 3 is 2.94 bits per heavy atom. The summed E-state index contributed by atoms with van der Waals surface area (Å²) in [6.45, 7) is 2.96. The van der Waals surface area contributed by atoms with Gasteiger partial charge >= 0.3 is 0 Å². The van der Waals surface area contributed by atoms with Crippen molar-refractivity contribution >= 4 is 16.0 Å². The lowest BCUT2D eigenvalue weighted by Crippen LogP contribution is -2.53. The second-order valence-electron chi connectivity index (χ2n) is 3.57. The maximum atomic E-state index is 11.8. The van der Waals surface area contributed by atoms with Crippen LogP contribution in [0, 0.1) is 5.41 Å². The number of hydrogen-bond acceptors (Lipinski definition) is 4. The molecule has 1 fully saturated rings. The van der Waals surface area contributed by atoms with Gasteiger partial charge in [0.15, 0.2) is 0 Å². The molecule has 0 spiro atoms. The lowest BCUT2D eigenvalue weighted by molar-refractivity contribution is 0.0364. The molecule has 0 radical (unpaired) electrons. The molecule has 1 unspecified atom stereocenters. The Morgan fingerprint density at radius 2 is 2.38 bits per heavy atom. The molecule has 94 valence electrons. The molecule has 1 aliphatic rings. The molecule has 0 aliphatic carbocycles. The standard InChI is InChI=1S/C8H18N4O3S/c1-2-3-11-16(13,14)12-4-5-15-7(6-12)8(9)10/h7,11H,2-6H2,1H3,(H3,9,10). The number of ether oxygens (including phenoxy) is 1. The van der Waals surface area contributed by atoms with Crippen LogP contribution in [0.4, 0.5) is 0 Å². The minimum absolute atomic E-state index is 0.106. The first-order valence-corrected chi connectivity index (χ1v) is 6.61. The molecule has 1 saturated heterocycles. The third-order valence-corrected chi connectivity index (χ3v) is 3.83. The summed E-state index contributed by atoms with van der Waals surface area (Å²) in [5.41, 5.74) is 5.29. The number of nitrogens with zero attached hydrogens (tertiary/aromatic N) is 1. The van der Waals surface area contributed by atoms with Gasteiger partial charge < -0.3 is 10.5 Å². The molecule has 0 amide bonds. The van der Waals surface area contributed by atoms with E-state index in [9.17, 15) is 8.42 Å². The van der Waals surface area contributed by atoms with Crippen molar-refractivity contribution in [3.8, 4) is 0 Å².